The number of anilines is 1. The fourth-order valence-electron chi connectivity index (χ4n) is 1.71. The van der Waals surface area contributed by atoms with Crippen molar-refractivity contribution >= 4 is 33.5 Å². The lowest BCUT2D eigenvalue weighted by Crippen LogP contribution is -2.30. The third kappa shape index (κ3) is 4.59. The average Bonchev–Trinajstić information content (AvgIpc) is 2.49. The summed E-state index contributed by atoms with van der Waals surface area (Å²) in [4.78, 5) is 23.9. The van der Waals surface area contributed by atoms with E-state index in [4.69, 9.17) is 4.74 Å². The third-order valence-corrected chi connectivity index (χ3v) is 3.57. The Bertz CT molecular complexity index is 735. The average molecular weight is 384 g/mol. The van der Waals surface area contributed by atoms with Crippen LogP contribution in [0.5, 0.6) is 0 Å². The molecule has 7 heteroatoms. The van der Waals surface area contributed by atoms with Gasteiger partial charge in [-0.05, 0) is 65.3 Å². The minimum atomic E-state index is -1.08. The minimum Gasteiger partial charge on any atom is -0.449 e. The summed E-state index contributed by atoms with van der Waals surface area (Å²) in [5.74, 6) is -2.26. The number of amides is 1. The van der Waals surface area contributed by atoms with Crippen LogP contribution in [0.15, 0.2) is 46.9 Å². The van der Waals surface area contributed by atoms with Crippen molar-refractivity contribution in [3.8, 4) is 0 Å². The van der Waals surface area contributed by atoms with Crippen LogP contribution in [0, 0.1) is 11.6 Å². The fraction of sp³-hybridized carbons (Fsp3) is 0.125. The molecule has 0 fully saturated rings. The molecule has 120 valence electrons. The van der Waals surface area contributed by atoms with Gasteiger partial charge in [-0.25, -0.2) is 13.6 Å². The van der Waals surface area contributed by atoms with E-state index < -0.39 is 29.6 Å². The SMILES string of the molecule is C[C@H](OC(=O)c1ccc(F)cc1Br)C(=O)Nc1ccc(F)cc1. The number of hydrogen-bond donors (Lipinski definition) is 1. The second-order valence-corrected chi connectivity index (χ2v) is 5.52. The van der Waals surface area contributed by atoms with Crippen molar-refractivity contribution in [1.82, 2.24) is 0 Å². The molecular formula is C16H12BrF2NO3. The van der Waals surface area contributed by atoms with Crippen molar-refractivity contribution < 1.29 is 23.1 Å². The normalized spacial score (nSPS) is 11.7. The molecule has 0 saturated carbocycles. The summed E-state index contributed by atoms with van der Waals surface area (Å²) in [6.07, 6.45) is -1.08. The van der Waals surface area contributed by atoms with Gasteiger partial charge in [0.15, 0.2) is 6.10 Å². The van der Waals surface area contributed by atoms with Gasteiger partial charge < -0.3 is 10.1 Å². The predicted molar refractivity (Wildman–Crippen MR) is 84.0 cm³/mol. The lowest BCUT2D eigenvalue weighted by molar-refractivity contribution is -0.123. The van der Waals surface area contributed by atoms with Gasteiger partial charge in [-0.2, -0.15) is 0 Å². The van der Waals surface area contributed by atoms with Gasteiger partial charge >= 0.3 is 5.97 Å². The van der Waals surface area contributed by atoms with Gasteiger partial charge in [0.1, 0.15) is 11.6 Å². The molecule has 1 amide bonds. The van der Waals surface area contributed by atoms with Crippen LogP contribution in [-0.4, -0.2) is 18.0 Å². The highest BCUT2D eigenvalue weighted by molar-refractivity contribution is 9.10. The Kier molecular flexibility index (Phi) is 5.44. The van der Waals surface area contributed by atoms with Gasteiger partial charge in [-0.3, -0.25) is 4.79 Å². The molecule has 0 unspecified atom stereocenters. The second-order valence-electron chi connectivity index (χ2n) is 4.67. The van der Waals surface area contributed by atoms with E-state index in [1.807, 2.05) is 0 Å². The fourth-order valence-corrected chi connectivity index (χ4v) is 2.22. The molecule has 4 nitrogen and oxygen atoms in total. The van der Waals surface area contributed by atoms with E-state index in [9.17, 15) is 18.4 Å². The van der Waals surface area contributed by atoms with E-state index in [2.05, 4.69) is 21.2 Å². The number of carbonyl (C=O) groups excluding carboxylic acids is 2. The lowest BCUT2D eigenvalue weighted by Gasteiger charge is -2.14. The van der Waals surface area contributed by atoms with Crippen molar-refractivity contribution in [3.05, 3.63) is 64.1 Å². The van der Waals surface area contributed by atoms with Crippen LogP contribution in [-0.2, 0) is 9.53 Å². The smallest absolute Gasteiger partial charge is 0.340 e. The number of hydrogen-bond acceptors (Lipinski definition) is 3. The minimum absolute atomic E-state index is 0.104. The maximum absolute atomic E-state index is 13.0. The molecular weight excluding hydrogens is 372 g/mol. The molecule has 23 heavy (non-hydrogen) atoms. The zero-order valence-electron chi connectivity index (χ0n) is 12.0. The standard InChI is InChI=1S/C16H12BrF2NO3/c1-9(15(21)20-12-5-2-10(18)3-6-12)23-16(22)13-7-4-11(19)8-14(13)17/h2-9H,1H3,(H,20,21)/t9-/m0/s1. The van der Waals surface area contributed by atoms with Gasteiger partial charge in [0, 0.05) is 10.2 Å². The Morgan fingerprint density at radius 1 is 1.09 bits per heavy atom. The Morgan fingerprint density at radius 3 is 2.30 bits per heavy atom. The van der Waals surface area contributed by atoms with Gasteiger partial charge in [0.2, 0.25) is 0 Å². The summed E-state index contributed by atoms with van der Waals surface area (Å²) in [7, 11) is 0. The zero-order valence-corrected chi connectivity index (χ0v) is 13.6. The van der Waals surface area contributed by atoms with Crippen LogP contribution in [0.3, 0.4) is 0 Å². The Labute approximate surface area is 139 Å². The highest BCUT2D eigenvalue weighted by Gasteiger charge is 2.20. The largest absolute Gasteiger partial charge is 0.449 e. The molecule has 0 aromatic heterocycles. The summed E-state index contributed by atoms with van der Waals surface area (Å²) in [5.41, 5.74) is 0.482. The van der Waals surface area contributed by atoms with E-state index in [0.29, 0.717) is 5.69 Å². The Morgan fingerprint density at radius 2 is 1.70 bits per heavy atom. The second kappa shape index (κ2) is 7.32. The van der Waals surface area contributed by atoms with Crippen molar-refractivity contribution in [3.63, 3.8) is 0 Å². The molecule has 0 bridgehead atoms. The predicted octanol–water partition coefficient (Wildman–Crippen LogP) is 3.91. The van der Waals surface area contributed by atoms with Crippen LogP contribution >= 0.6 is 15.9 Å². The monoisotopic (exact) mass is 383 g/mol. The van der Waals surface area contributed by atoms with Crippen molar-refractivity contribution in [2.75, 3.05) is 5.32 Å². The first-order chi connectivity index (χ1) is 10.9. The molecule has 0 aliphatic carbocycles. The maximum atomic E-state index is 13.0. The first-order valence-corrected chi connectivity index (χ1v) is 7.38. The van der Waals surface area contributed by atoms with E-state index in [-0.39, 0.29) is 10.0 Å². The lowest BCUT2D eigenvalue weighted by atomic mass is 10.2. The maximum Gasteiger partial charge on any atom is 0.340 e. The number of halogens is 3. The summed E-state index contributed by atoms with van der Waals surface area (Å²) >= 11 is 3.06. The summed E-state index contributed by atoms with van der Waals surface area (Å²) in [6, 6.07) is 8.66. The molecule has 0 radical (unpaired) electrons. The molecule has 0 aliphatic rings. The van der Waals surface area contributed by atoms with E-state index in [1.165, 1.54) is 37.3 Å². The molecule has 0 aliphatic heterocycles. The molecule has 1 N–H and O–H groups in total. The zero-order chi connectivity index (χ0) is 17.0. The summed E-state index contributed by atoms with van der Waals surface area (Å²) in [5, 5.41) is 2.49. The van der Waals surface area contributed by atoms with Crippen molar-refractivity contribution in [2.24, 2.45) is 0 Å². The van der Waals surface area contributed by atoms with Gasteiger partial charge in [0.25, 0.3) is 5.91 Å². The number of carbonyl (C=O) groups is 2. The highest BCUT2D eigenvalue weighted by atomic mass is 79.9. The molecule has 1 atom stereocenters. The quantitative estimate of drug-likeness (QED) is 0.814. The molecule has 0 heterocycles. The number of ether oxygens (including phenoxy) is 1. The van der Waals surface area contributed by atoms with E-state index >= 15 is 0 Å². The summed E-state index contributed by atoms with van der Waals surface area (Å²) in [6.45, 7) is 1.40. The van der Waals surface area contributed by atoms with E-state index in [1.54, 1.807) is 0 Å². The first-order valence-electron chi connectivity index (χ1n) is 6.59. The highest BCUT2D eigenvalue weighted by Crippen LogP contribution is 2.19. The van der Waals surface area contributed by atoms with Gasteiger partial charge in [0.05, 0.1) is 5.56 Å². The topological polar surface area (TPSA) is 55.4 Å². The number of rotatable bonds is 4. The molecule has 2 aromatic rings. The van der Waals surface area contributed by atoms with Crippen LogP contribution < -0.4 is 5.32 Å². The van der Waals surface area contributed by atoms with Crippen LogP contribution in [0.2, 0.25) is 0 Å². The van der Waals surface area contributed by atoms with Crippen LogP contribution in [0.25, 0.3) is 0 Å². The Hall–Kier alpha value is -2.28. The number of nitrogens with one attached hydrogen (secondary N) is 1. The van der Waals surface area contributed by atoms with Crippen LogP contribution in [0.1, 0.15) is 17.3 Å². The van der Waals surface area contributed by atoms with Crippen molar-refractivity contribution in [2.45, 2.75) is 13.0 Å². The number of benzene rings is 2. The molecule has 2 aromatic carbocycles. The van der Waals surface area contributed by atoms with Crippen LogP contribution in [0.4, 0.5) is 14.5 Å². The number of esters is 1. The Balaban J connectivity index is 2.00. The van der Waals surface area contributed by atoms with Gasteiger partial charge in [-0.15, -0.1) is 0 Å². The van der Waals surface area contributed by atoms with Gasteiger partial charge in [-0.1, -0.05) is 0 Å². The molecule has 2 rings (SSSR count). The van der Waals surface area contributed by atoms with Crippen molar-refractivity contribution in [1.29, 1.82) is 0 Å². The molecule has 0 saturated heterocycles. The summed E-state index contributed by atoms with van der Waals surface area (Å²) < 4.78 is 31.1. The third-order valence-electron chi connectivity index (χ3n) is 2.92. The first kappa shape index (κ1) is 17.1. The van der Waals surface area contributed by atoms with E-state index in [0.717, 1.165) is 12.1 Å². The molecule has 0 spiro atoms.